The van der Waals surface area contributed by atoms with Gasteiger partial charge >= 0.3 is 0 Å². The van der Waals surface area contributed by atoms with E-state index in [9.17, 15) is 0 Å². The Labute approximate surface area is 108 Å². The highest BCUT2D eigenvalue weighted by atomic mass is 79.9. The average Bonchev–Trinajstić information content (AvgIpc) is 2.56. The van der Waals surface area contributed by atoms with E-state index in [2.05, 4.69) is 36.3 Å². The number of aromatic nitrogens is 4. The van der Waals surface area contributed by atoms with Crippen LogP contribution in [0, 0.1) is 20.8 Å². The third-order valence-electron chi connectivity index (χ3n) is 2.48. The Bertz CT molecular complexity index is 561. The third-order valence-corrected chi connectivity index (χ3v) is 3.63. The molecular formula is C11H14BrN5. The van der Waals surface area contributed by atoms with Gasteiger partial charge in [-0.1, -0.05) is 0 Å². The SMILES string of the molecule is CNc1nc(C)cc(-n2nc(C)c(Br)c2C)n1. The van der Waals surface area contributed by atoms with Crippen LogP contribution in [0.4, 0.5) is 5.95 Å². The highest BCUT2D eigenvalue weighted by Gasteiger charge is 2.12. The number of nitrogens with zero attached hydrogens (tertiary/aromatic N) is 4. The standard InChI is InChI=1S/C11H14BrN5/c1-6-5-9(15-11(13-4)14-6)17-8(3)10(12)7(2)16-17/h5H,1-4H3,(H,13,14,15). The first-order chi connectivity index (χ1) is 8.02. The number of halogens is 1. The summed E-state index contributed by atoms with van der Waals surface area (Å²) in [5, 5.41) is 7.39. The van der Waals surface area contributed by atoms with Crippen molar-refractivity contribution in [2.45, 2.75) is 20.8 Å². The zero-order valence-electron chi connectivity index (χ0n) is 10.2. The van der Waals surface area contributed by atoms with Crippen molar-refractivity contribution in [3.63, 3.8) is 0 Å². The average molecular weight is 296 g/mol. The minimum absolute atomic E-state index is 0.601. The minimum atomic E-state index is 0.601. The van der Waals surface area contributed by atoms with Crippen LogP contribution in [0.5, 0.6) is 0 Å². The van der Waals surface area contributed by atoms with Crippen LogP contribution >= 0.6 is 15.9 Å². The van der Waals surface area contributed by atoms with Gasteiger partial charge in [-0.2, -0.15) is 10.1 Å². The molecule has 0 amide bonds. The number of hydrogen-bond acceptors (Lipinski definition) is 4. The van der Waals surface area contributed by atoms with Crippen molar-refractivity contribution >= 4 is 21.9 Å². The fourth-order valence-corrected chi connectivity index (χ4v) is 1.87. The van der Waals surface area contributed by atoms with Gasteiger partial charge in [0.15, 0.2) is 5.82 Å². The van der Waals surface area contributed by atoms with E-state index in [1.807, 2.05) is 31.5 Å². The molecule has 0 radical (unpaired) electrons. The van der Waals surface area contributed by atoms with Gasteiger partial charge in [0.25, 0.3) is 0 Å². The molecule has 0 bridgehead atoms. The first-order valence-electron chi connectivity index (χ1n) is 5.28. The molecule has 2 aromatic heterocycles. The predicted octanol–water partition coefficient (Wildman–Crippen LogP) is 2.39. The van der Waals surface area contributed by atoms with E-state index >= 15 is 0 Å². The van der Waals surface area contributed by atoms with E-state index in [1.54, 1.807) is 7.05 Å². The first-order valence-corrected chi connectivity index (χ1v) is 6.07. The van der Waals surface area contributed by atoms with E-state index in [-0.39, 0.29) is 0 Å². The van der Waals surface area contributed by atoms with Gasteiger partial charge in [-0.3, -0.25) is 0 Å². The number of hydrogen-bond donors (Lipinski definition) is 1. The molecule has 0 aliphatic rings. The van der Waals surface area contributed by atoms with Gasteiger partial charge in [0, 0.05) is 18.8 Å². The molecule has 0 aromatic carbocycles. The van der Waals surface area contributed by atoms with Gasteiger partial charge in [-0.25, -0.2) is 9.67 Å². The van der Waals surface area contributed by atoms with Crippen molar-refractivity contribution in [1.29, 1.82) is 0 Å². The molecule has 0 saturated carbocycles. The summed E-state index contributed by atoms with van der Waals surface area (Å²) < 4.78 is 2.83. The highest BCUT2D eigenvalue weighted by molar-refractivity contribution is 9.10. The number of anilines is 1. The summed E-state index contributed by atoms with van der Waals surface area (Å²) in [5.74, 6) is 1.37. The Hall–Kier alpha value is -1.43. The molecule has 2 aromatic rings. The Morgan fingerprint density at radius 2 is 1.94 bits per heavy atom. The molecule has 2 heterocycles. The van der Waals surface area contributed by atoms with Crippen molar-refractivity contribution in [2.75, 3.05) is 12.4 Å². The summed E-state index contributed by atoms with van der Waals surface area (Å²) in [5.41, 5.74) is 2.88. The molecule has 90 valence electrons. The second-order valence-corrected chi connectivity index (χ2v) is 4.63. The zero-order chi connectivity index (χ0) is 12.6. The van der Waals surface area contributed by atoms with Crippen molar-refractivity contribution in [3.05, 3.63) is 27.6 Å². The van der Waals surface area contributed by atoms with E-state index in [0.717, 1.165) is 27.4 Å². The Morgan fingerprint density at radius 1 is 1.24 bits per heavy atom. The lowest BCUT2D eigenvalue weighted by Crippen LogP contribution is -2.06. The summed E-state index contributed by atoms with van der Waals surface area (Å²) in [4.78, 5) is 8.66. The number of aryl methyl sites for hydroxylation is 2. The largest absolute Gasteiger partial charge is 0.357 e. The van der Waals surface area contributed by atoms with Crippen molar-refractivity contribution in [3.8, 4) is 5.82 Å². The molecule has 6 heteroatoms. The first kappa shape index (κ1) is 12.0. The molecule has 2 rings (SSSR count). The van der Waals surface area contributed by atoms with Gasteiger partial charge in [0.05, 0.1) is 15.9 Å². The fourth-order valence-electron chi connectivity index (χ4n) is 1.62. The van der Waals surface area contributed by atoms with E-state index in [0.29, 0.717) is 5.95 Å². The molecule has 5 nitrogen and oxygen atoms in total. The summed E-state index contributed by atoms with van der Waals surface area (Å²) in [6.07, 6.45) is 0. The van der Waals surface area contributed by atoms with E-state index in [4.69, 9.17) is 0 Å². The second kappa shape index (κ2) is 4.44. The van der Waals surface area contributed by atoms with Gasteiger partial charge < -0.3 is 5.32 Å². The maximum atomic E-state index is 4.45. The molecule has 0 fully saturated rings. The van der Waals surface area contributed by atoms with Crippen LogP contribution in [-0.4, -0.2) is 26.8 Å². The maximum Gasteiger partial charge on any atom is 0.224 e. The Balaban J connectivity index is 2.59. The van der Waals surface area contributed by atoms with Crippen LogP contribution < -0.4 is 5.32 Å². The molecule has 1 N–H and O–H groups in total. The zero-order valence-corrected chi connectivity index (χ0v) is 11.8. The maximum absolute atomic E-state index is 4.45. The number of rotatable bonds is 2. The monoisotopic (exact) mass is 295 g/mol. The number of nitrogens with one attached hydrogen (secondary N) is 1. The van der Waals surface area contributed by atoms with Crippen molar-refractivity contribution in [2.24, 2.45) is 0 Å². The van der Waals surface area contributed by atoms with E-state index in [1.165, 1.54) is 0 Å². The molecule has 0 aliphatic heterocycles. The normalized spacial score (nSPS) is 10.6. The Morgan fingerprint density at radius 3 is 2.47 bits per heavy atom. The Kier molecular flexibility index (Phi) is 3.15. The van der Waals surface area contributed by atoms with Gasteiger partial charge in [0.2, 0.25) is 5.95 Å². The predicted molar refractivity (Wildman–Crippen MR) is 70.6 cm³/mol. The van der Waals surface area contributed by atoms with Crippen LogP contribution in [0.15, 0.2) is 10.5 Å². The van der Waals surface area contributed by atoms with Crippen molar-refractivity contribution < 1.29 is 0 Å². The lowest BCUT2D eigenvalue weighted by Gasteiger charge is -2.06. The molecule has 0 aliphatic carbocycles. The molecule has 0 saturated heterocycles. The molecule has 0 atom stereocenters. The summed E-state index contributed by atoms with van der Waals surface area (Å²) >= 11 is 3.51. The summed E-state index contributed by atoms with van der Waals surface area (Å²) in [7, 11) is 1.80. The van der Waals surface area contributed by atoms with Gasteiger partial charge in [-0.15, -0.1) is 0 Å². The van der Waals surface area contributed by atoms with Crippen molar-refractivity contribution in [1.82, 2.24) is 19.7 Å². The van der Waals surface area contributed by atoms with Crippen LogP contribution in [-0.2, 0) is 0 Å². The lowest BCUT2D eigenvalue weighted by atomic mass is 10.4. The molecular weight excluding hydrogens is 282 g/mol. The fraction of sp³-hybridized carbons (Fsp3) is 0.364. The molecule has 0 unspecified atom stereocenters. The second-order valence-electron chi connectivity index (χ2n) is 3.84. The summed E-state index contributed by atoms with van der Waals surface area (Å²) in [6, 6.07) is 1.91. The van der Waals surface area contributed by atoms with Gasteiger partial charge in [0.1, 0.15) is 0 Å². The quantitative estimate of drug-likeness (QED) is 0.924. The molecule has 0 spiro atoms. The van der Waals surface area contributed by atoms with Gasteiger partial charge in [-0.05, 0) is 36.7 Å². The smallest absolute Gasteiger partial charge is 0.224 e. The van der Waals surface area contributed by atoms with Crippen LogP contribution in [0.3, 0.4) is 0 Å². The minimum Gasteiger partial charge on any atom is -0.357 e. The summed E-state index contributed by atoms with van der Waals surface area (Å²) in [6.45, 7) is 5.90. The molecule has 17 heavy (non-hydrogen) atoms. The van der Waals surface area contributed by atoms with Crippen LogP contribution in [0.1, 0.15) is 17.1 Å². The van der Waals surface area contributed by atoms with Crippen LogP contribution in [0.2, 0.25) is 0 Å². The topological polar surface area (TPSA) is 55.6 Å². The van der Waals surface area contributed by atoms with Crippen LogP contribution in [0.25, 0.3) is 5.82 Å². The van der Waals surface area contributed by atoms with E-state index < -0.39 is 0 Å². The third kappa shape index (κ3) is 2.17. The lowest BCUT2D eigenvalue weighted by molar-refractivity contribution is 0.799. The highest BCUT2D eigenvalue weighted by Crippen LogP contribution is 2.22.